The predicted octanol–water partition coefficient (Wildman–Crippen LogP) is 8.79. The van der Waals surface area contributed by atoms with Crippen LogP contribution in [0.1, 0.15) is 44.4 Å². The second kappa shape index (κ2) is 11.6. The third kappa shape index (κ3) is 5.25. The summed E-state index contributed by atoms with van der Waals surface area (Å²) < 4.78 is 0. The van der Waals surface area contributed by atoms with Gasteiger partial charge in [-0.05, 0) is 100 Å². The molecular weight excluding hydrogens is 525 g/mol. The third-order valence-electron chi connectivity index (χ3n) is 8.59. The van der Waals surface area contributed by atoms with E-state index in [1.807, 2.05) is 25.1 Å². The number of fused-ring (bicyclic) bond motifs is 3. The number of anilines is 3. The first-order valence-corrected chi connectivity index (χ1v) is 14.8. The van der Waals surface area contributed by atoms with Crippen molar-refractivity contribution in [3.63, 3.8) is 0 Å². The molecule has 0 aliphatic heterocycles. The van der Waals surface area contributed by atoms with E-state index >= 15 is 0 Å². The molecule has 0 aromatic heterocycles. The lowest BCUT2D eigenvalue weighted by atomic mass is 9.75. The number of hydrogen-bond donors (Lipinski definition) is 2. The molecule has 6 rings (SSSR count). The molecule has 0 atom stereocenters. The van der Waals surface area contributed by atoms with Gasteiger partial charge in [0.1, 0.15) is 0 Å². The normalized spacial score (nSPS) is 13.6. The maximum Gasteiger partial charge on any atom is 0.488 e. The monoisotopic (exact) mass is 561 g/mol. The molecule has 0 bridgehead atoms. The summed E-state index contributed by atoms with van der Waals surface area (Å²) in [6.45, 7) is 8.53. The molecule has 1 aliphatic rings. The highest BCUT2D eigenvalue weighted by Crippen LogP contribution is 2.50. The molecule has 0 spiro atoms. The van der Waals surface area contributed by atoms with E-state index < -0.39 is 7.12 Å². The first-order valence-electron chi connectivity index (χ1n) is 14.8. The van der Waals surface area contributed by atoms with E-state index in [4.69, 9.17) is 0 Å². The molecule has 0 amide bonds. The van der Waals surface area contributed by atoms with Crippen LogP contribution in [-0.2, 0) is 5.41 Å². The van der Waals surface area contributed by atoms with Gasteiger partial charge in [0.05, 0.1) is 0 Å². The standard InChI is InChI=1S/C39H36BNO2/c1-5-10-27(6-2)29-13-18-32(19-14-29)41(33-20-15-30(16-21-33)28-11-8-7-9-12-28)34-22-24-36-35-23-17-31(40(42)43)25-37(35)39(3,4)38(36)26-34/h5-26,42-43H,1-4H3. The highest BCUT2D eigenvalue weighted by Gasteiger charge is 2.36. The van der Waals surface area contributed by atoms with Gasteiger partial charge in [-0.3, -0.25) is 0 Å². The summed E-state index contributed by atoms with van der Waals surface area (Å²) in [5, 5.41) is 19.7. The zero-order valence-corrected chi connectivity index (χ0v) is 25.1. The Morgan fingerprint density at radius 2 is 1.21 bits per heavy atom. The SMILES string of the molecule is CC=CC(=CC)c1ccc(N(c2ccc(-c3ccccc3)cc2)c2ccc3c(c2)C(C)(C)c2cc(B(O)O)ccc2-3)cc1. The van der Waals surface area contributed by atoms with Crippen LogP contribution < -0.4 is 10.4 Å². The average molecular weight is 562 g/mol. The van der Waals surface area contributed by atoms with Crippen molar-refractivity contribution in [2.24, 2.45) is 0 Å². The van der Waals surface area contributed by atoms with E-state index in [1.165, 1.54) is 33.4 Å². The molecular formula is C39H36BNO2. The average Bonchev–Trinajstić information content (AvgIpc) is 3.26. The van der Waals surface area contributed by atoms with Crippen molar-refractivity contribution in [1.82, 2.24) is 0 Å². The minimum absolute atomic E-state index is 0.300. The molecule has 0 fully saturated rings. The molecule has 5 aromatic rings. The molecule has 1 aliphatic carbocycles. The van der Waals surface area contributed by atoms with E-state index in [9.17, 15) is 10.0 Å². The molecule has 5 aromatic carbocycles. The van der Waals surface area contributed by atoms with Crippen LogP contribution in [0.25, 0.3) is 27.8 Å². The quantitative estimate of drug-likeness (QED) is 0.154. The third-order valence-corrected chi connectivity index (χ3v) is 8.59. The van der Waals surface area contributed by atoms with Crippen molar-refractivity contribution < 1.29 is 10.0 Å². The Morgan fingerprint density at radius 3 is 1.81 bits per heavy atom. The van der Waals surface area contributed by atoms with Crippen LogP contribution in [0.3, 0.4) is 0 Å². The van der Waals surface area contributed by atoms with Gasteiger partial charge in [0, 0.05) is 22.5 Å². The molecule has 0 saturated heterocycles. The number of allylic oxidation sites excluding steroid dienone is 4. The first kappa shape index (κ1) is 28.5. The molecule has 0 saturated carbocycles. The van der Waals surface area contributed by atoms with Crippen LogP contribution in [0.15, 0.2) is 133 Å². The molecule has 3 nitrogen and oxygen atoms in total. The van der Waals surface area contributed by atoms with Crippen molar-refractivity contribution >= 4 is 35.2 Å². The zero-order valence-electron chi connectivity index (χ0n) is 25.1. The Labute approximate surface area is 255 Å². The van der Waals surface area contributed by atoms with Gasteiger partial charge in [-0.2, -0.15) is 0 Å². The summed E-state index contributed by atoms with van der Waals surface area (Å²) in [4.78, 5) is 2.31. The Balaban J connectivity index is 1.46. The van der Waals surface area contributed by atoms with Crippen LogP contribution in [0, 0.1) is 0 Å². The minimum atomic E-state index is -1.49. The summed E-state index contributed by atoms with van der Waals surface area (Å²) in [7, 11) is -1.49. The van der Waals surface area contributed by atoms with Crippen molar-refractivity contribution in [2.75, 3.05) is 4.90 Å². The number of hydrogen-bond acceptors (Lipinski definition) is 3. The second-order valence-electron chi connectivity index (χ2n) is 11.6. The Bertz CT molecular complexity index is 1820. The van der Waals surface area contributed by atoms with Crippen LogP contribution in [0.2, 0.25) is 0 Å². The molecule has 4 heteroatoms. The topological polar surface area (TPSA) is 43.7 Å². The van der Waals surface area contributed by atoms with E-state index in [2.05, 4.69) is 135 Å². The maximum absolute atomic E-state index is 9.84. The summed E-state index contributed by atoms with van der Waals surface area (Å²) in [6, 6.07) is 40.4. The van der Waals surface area contributed by atoms with Crippen LogP contribution in [0.5, 0.6) is 0 Å². The van der Waals surface area contributed by atoms with Gasteiger partial charge in [0.15, 0.2) is 0 Å². The summed E-state index contributed by atoms with van der Waals surface area (Å²) in [6.07, 6.45) is 6.34. The lowest BCUT2D eigenvalue weighted by molar-refractivity contribution is 0.425. The summed E-state index contributed by atoms with van der Waals surface area (Å²) in [5.74, 6) is 0. The zero-order chi connectivity index (χ0) is 30.1. The van der Waals surface area contributed by atoms with E-state index in [0.29, 0.717) is 5.46 Å². The van der Waals surface area contributed by atoms with Gasteiger partial charge in [0.2, 0.25) is 0 Å². The van der Waals surface area contributed by atoms with E-state index in [1.54, 1.807) is 6.07 Å². The maximum atomic E-state index is 9.84. The fraction of sp³-hybridized carbons (Fsp3) is 0.128. The highest BCUT2D eigenvalue weighted by atomic mass is 16.4. The van der Waals surface area contributed by atoms with Gasteiger partial charge in [-0.1, -0.05) is 111 Å². The van der Waals surface area contributed by atoms with Crippen LogP contribution in [0.4, 0.5) is 17.1 Å². The van der Waals surface area contributed by atoms with E-state index in [-0.39, 0.29) is 5.41 Å². The minimum Gasteiger partial charge on any atom is -0.423 e. The Kier molecular flexibility index (Phi) is 7.66. The molecule has 43 heavy (non-hydrogen) atoms. The van der Waals surface area contributed by atoms with Gasteiger partial charge in [-0.25, -0.2) is 0 Å². The predicted molar refractivity (Wildman–Crippen MR) is 182 cm³/mol. The fourth-order valence-electron chi connectivity index (χ4n) is 6.27. The fourth-order valence-corrected chi connectivity index (χ4v) is 6.27. The van der Waals surface area contributed by atoms with Crippen molar-refractivity contribution in [3.05, 3.63) is 150 Å². The van der Waals surface area contributed by atoms with Crippen LogP contribution in [-0.4, -0.2) is 17.2 Å². The molecule has 2 N–H and O–H groups in total. The molecule has 0 unspecified atom stereocenters. The largest absolute Gasteiger partial charge is 0.488 e. The lowest BCUT2D eigenvalue weighted by Gasteiger charge is -2.28. The van der Waals surface area contributed by atoms with Crippen molar-refractivity contribution in [3.8, 4) is 22.3 Å². The summed E-state index contributed by atoms with van der Waals surface area (Å²) in [5.41, 5.74) is 12.8. The van der Waals surface area contributed by atoms with Crippen molar-refractivity contribution in [2.45, 2.75) is 33.1 Å². The number of benzene rings is 5. The van der Waals surface area contributed by atoms with Gasteiger partial charge >= 0.3 is 7.12 Å². The highest BCUT2D eigenvalue weighted by molar-refractivity contribution is 6.58. The van der Waals surface area contributed by atoms with Gasteiger partial charge in [-0.15, -0.1) is 0 Å². The number of nitrogens with zero attached hydrogens (tertiary/aromatic N) is 1. The van der Waals surface area contributed by atoms with Gasteiger partial charge in [0.25, 0.3) is 0 Å². The molecule has 0 heterocycles. The summed E-state index contributed by atoms with van der Waals surface area (Å²) >= 11 is 0. The Morgan fingerprint density at radius 1 is 0.651 bits per heavy atom. The van der Waals surface area contributed by atoms with Gasteiger partial charge < -0.3 is 14.9 Å². The van der Waals surface area contributed by atoms with E-state index in [0.717, 1.165) is 28.2 Å². The number of rotatable bonds is 7. The lowest BCUT2D eigenvalue weighted by Crippen LogP contribution is -2.31. The molecule has 0 radical (unpaired) electrons. The van der Waals surface area contributed by atoms with Crippen molar-refractivity contribution in [1.29, 1.82) is 0 Å². The molecule has 212 valence electrons. The Hall–Kier alpha value is -4.64. The smallest absolute Gasteiger partial charge is 0.423 e. The van der Waals surface area contributed by atoms with Crippen LogP contribution >= 0.6 is 0 Å². The second-order valence-corrected chi connectivity index (χ2v) is 11.6. The first-order chi connectivity index (χ1) is 20.8.